The highest BCUT2D eigenvalue weighted by Crippen LogP contribution is 2.42. The highest BCUT2D eigenvalue weighted by Gasteiger charge is 2.37. The van der Waals surface area contributed by atoms with Gasteiger partial charge in [-0.3, -0.25) is 5.32 Å². The zero-order valence-corrected chi connectivity index (χ0v) is 10.5. The summed E-state index contributed by atoms with van der Waals surface area (Å²) < 4.78 is 5.58. The van der Waals surface area contributed by atoms with Crippen molar-refractivity contribution in [2.45, 2.75) is 38.2 Å². The molecule has 0 heterocycles. The van der Waals surface area contributed by atoms with Crippen LogP contribution in [0.1, 0.15) is 32.1 Å². The molecule has 3 nitrogen and oxygen atoms in total. The lowest BCUT2D eigenvalue weighted by atomic mass is 9.69. The fourth-order valence-electron chi connectivity index (χ4n) is 3.27. The fourth-order valence-corrected chi connectivity index (χ4v) is 3.27. The topological polar surface area (TPSA) is 38.3 Å². The number of amides is 1. The average Bonchev–Trinajstić information content (AvgIpc) is 2.41. The van der Waals surface area contributed by atoms with Gasteiger partial charge >= 0.3 is 6.09 Å². The number of hydrogen-bond donors (Lipinski definition) is 1. The highest BCUT2D eigenvalue weighted by molar-refractivity contribution is 5.84. The summed E-state index contributed by atoms with van der Waals surface area (Å²) in [4.78, 5) is 11.8. The number of anilines is 1. The van der Waals surface area contributed by atoms with E-state index in [9.17, 15) is 4.79 Å². The number of benzene rings is 1. The summed E-state index contributed by atoms with van der Waals surface area (Å²) in [5.41, 5.74) is 0.795. The molecule has 3 heteroatoms. The first-order valence-corrected chi connectivity index (χ1v) is 6.84. The maximum atomic E-state index is 11.8. The maximum Gasteiger partial charge on any atom is 0.411 e. The zero-order chi connectivity index (χ0) is 12.4. The first-order valence-electron chi connectivity index (χ1n) is 6.84. The van der Waals surface area contributed by atoms with Crippen molar-refractivity contribution < 1.29 is 9.53 Å². The fraction of sp³-hybridized carbons (Fsp3) is 0.533. The molecule has 0 spiro atoms. The molecule has 0 radical (unpaired) electrons. The monoisotopic (exact) mass is 245 g/mol. The molecule has 0 saturated heterocycles. The lowest BCUT2D eigenvalue weighted by Gasteiger charge is -2.41. The van der Waals surface area contributed by atoms with Gasteiger partial charge in [0.15, 0.2) is 0 Å². The molecule has 0 unspecified atom stereocenters. The van der Waals surface area contributed by atoms with Gasteiger partial charge in [0.05, 0.1) is 0 Å². The Morgan fingerprint density at radius 1 is 1.11 bits per heavy atom. The predicted octanol–water partition coefficient (Wildman–Crippen LogP) is 3.81. The Bertz CT molecular complexity index is 410. The van der Waals surface area contributed by atoms with Crippen molar-refractivity contribution in [3.8, 4) is 0 Å². The van der Waals surface area contributed by atoms with Gasteiger partial charge in [0, 0.05) is 5.69 Å². The standard InChI is InChI=1S/C15H19NO2/c17-15(16-13-4-2-1-3-5-13)18-14-10-11-6-8-12(14)9-7-11/h1-5,11-12,14H,6-10H2,(H,16,17)/t11?,12?,14-/m0/s1. The van der Waals surface area contributed by atoms with Crippen LogP contribution in [0.2, 0.25) is 0 Å². The first-order chi connectivity index (χ1) is 8.81. The second-order valence-electron chi connectivity index (χ2n) is 5.45. The zero-order valence-electron chi connectivity index (χ0n) is 10.5. The minimum atomic E-state index is -0.307. The van der Waals surface area contributed by atoms with Gasteiger partial charge in [-0.2, -0.15) is 0 Å². The van der Waals surface area contributed by atoms with Crippen molar-refractivity contribution in [3.63, 3.8) is 0 Å². The number of fused-ring (bicyclic) bond motifs is 3. The summed E-state index contributed by atoms with van der Waals surface area (Å²) >= 11 is 0. The van der Waals surface area contributed by atoms with Crippen LogP contribution in [0.25, 0.3) is 0 Å². The van der Waals surface area contributed by atoms with Crippen molar-refractivity contribution >= 4 is 11.8 Å². The summed E-state index contributed by atoms with van der Waals surface area (Å²) in [6.45, 7) is 0. The van der Waals surface area contributed by atoms with Crippen molar-refractivity contribution in [1.29, 1.82) is 0 Å². The average molecular weight is 245 g/mol. The van der Waals surface area contributed by atoms with Crippen molar-refractivity contribution in [1.82, 2.24) is 0 Å². The molecule has 3 aliphatic carbocycles. The highest BCUT2D eigenvalue weighted by atomic mass is 16.6. The number of nitrogens with one attached hydrogen (secondary N) is 1. The normalized spacial score (nSPS) is 29.9. The van der Waals surface area contributed by atoms with Gasteiger partial charge in [-0.05, 0) is 56.1 Å². The van der Waals surface area contributed by atoms with E-state index in [1.165, 1.54) is 25.7 Å². The molecule has 4 rings (SSSR count). The molecular weight excluding hydrogens is 226 g/mol. The molecule has 3 fully saturated rings. The summed E-state index contributed by atoms with van der Waals surface area (Å²) in [7, 11) is 0. The van der Waals surface area contributed by atoms with E-state index in [4.69, 9.17) is 4.74 Å². The van der Waals surface area contributed by atoms with E-state index in [1.807, 2.05) is 30.3 Å². The Morgan fingerprint density at radius 2 is 1.83 bits per heavy atom. The minimum absolute atomic E-state index is 0.140. The number of rotatable bonds is 2. The van der Waals surface area contributed by atoms with Crippen LogP contribution in [0.4, 0.5) is 10.5 Å². The molecule has 2 bridgehead atoms. The second-order valence-corrected chi connectivity index (χ2v) is 5.45. The van der Waals surface area contributed by atoms with Gasteiger partial charge in [0.1, 0.15) is 6.10 Å². The van der Waals surface area contributed by atoms with Gasteiger partial charge in [0.25, 0.3) is 0 Å². The molecular formula is C15H19NO2. The lowest BCUT2D eigenvalue weighted by molar-refractivity contribution is -0.00735. The van der Waals surface area contributed by atoms with Crippen molar-refractivity contribution in [2.75, 3.05) is 5.32 Å². The molecule has 1 aromatic rings. The summed E-state index contributed by atoms with van der Waals surface area (Å²) in [6, 6.07) is 9.47. The Kier molecular flexibility index (Phi) is 3.22. The van der Waals surface area contributed by atoms with E-state index in [0.29, 0.717) is 5.92 Å². The molecule has 1 amide bonds. The molecule has 3 aliphatic rings. The number of carbonyl (C=O) groups is 1. The third-order valence-corrected chi connectivity index (χ3v) is 4.26. The Balaban J connectivity index is 1.55. The van der Waals surface area contributed by atoms with Gasteiger partial charge in [-0.1, -0.05) is 18.2 Å². The minimum Gasteiger partial charge on any atom is -0.446 e. The van der Waals surface area contributed by atoms with Gasteiger partial charge in [-0.25, -0.2) is 4.79 Å². The first kappa shape index (κ1) is 11.6. The molecule has 18 heavy (non-hydrogen) atoms. The quantitative estimate of drug-likeness (QED) is 0.860. The molecule has 3 saturated carbocycles. The molecule has 1 atom stereocenters. The Hall–Kier alpha value is -1.51. The van der Waals surface area contributed by atoms with Crippen LogP contribution in [0, 0.1) is 11.8 Å². The van der Waals surface area contributed by atoms with E-state index >= 15 is 0 Å². The third kappa shape index (κ3) is 2.50. The van der Waals surface area contributed by atoms with Crippen LogP contribution in [0.5, 0.6) is 0 Å². The van der Waals surface area contributed by atoms with Crippen LogP contribution in [0.3, 0.4) is 0 Å². The SMILES string of the molecule is O=C(Nc1ccccc1)O[C@H]1CC2CCC1CC2. The van der Waals surface area contributed by atoms with E-state index in [0.717, 1.165) is 18.0 Å². The Morgan fingerprint density at radius 3 is 2.44 bits per heavy atom. The number of hydrogen-bond acceptors (Lipinski definition) is 2. The van der Waals surface area contributed by atoms with Crippen LogP contribution in [-0.4, -0.2) is 12.2 Å². The smallest absolute Gasteiger partial charge is 0.411 e. The van der Waals surface area contributed by atoms with Crippen LogP contribution < -0.4 is 5.32 Å². The van der Waals surface area contributed by atoms with Crippen molar-refractivity contribution in [2.24, 2.45) is 11.8 Å². The van der Waals surface area contributed by atoms with Gasteiger partial charge in [-0.15, -0.1) is 0 Å². The number of para-hydroxylation sites is 1. The van der Waals surface area contributed by atoms with Gasteiger partial charge < -0.3 is 4.74 Å². The largest absolute Gasteiger partial charge is 0.446 e. The van der Waals surface area contributed by atoms with Crippen molar-refractivity contribution in [3.05, 3.63) is 30.3 Å². The number of ether oxygens (including phenoxy) is 1. The molecule has 1 aromatic carbocycles. The maximum absolute atomic E-state index is 11.8. The molecule has 0 aliphatic heterocycles. The predicted molar refractivity (Wildman–Crippen MR) is 70.4 cm³/mol. The molecule has 1 N–H and O–H groups in total. The van der Waals surface area contributed by atoms with Crippen LogP contribution in [0.15, 0.2) is 30.3 Å². The second kappa shape index (κ2) is 5.01. The summed E-state index contributed by atoms with van der Waals surface area (Å²) in [5.74, 6) is 1.38. The van der Waals surface area contributed by atoms with E-state index in [1.54, 1.807) is 0 Å². The lowest BCUT2D eigenvalue weighted by Crippen LogP contribution is -2.39. The summed E-state index contributed by atoms with van der Waals surface area (Å²) in [6.07, 6.45) is 6.00. The molecule has 96 valence electrons. The van der Waals surface area contributed by atoms with Crippen LogP contribution >= 0.6 is 0 Å². The van der Waals surface area contributed by atoms with E-state index in [2.05, 4.69) is 5.32 Å². The number of carbonyl (C=O) groups excluding carboxylic acids is 1. The Labute approximate surface area is 108 Å². The molecule has 0 aromatic heterocycles. The van der Waals surface area contributed by atoms with Gasteiger partial charge in [0.2, 0.25) is 0 Å². The summed E-state index contributed by atoms with van der Waals surface area (Å²) in [5, 5.41) is 2.79. The third-order valence-electron chi connectivity index (χ3n) is 4.26. The van der Waals surface area contributed by atoms with Crippen LogP contribution in [-0.2, 0) is 4.74 Å². The van der Waals surface area contributed by atoms with E-state index < -0.39 is 0 Å². The van der Waals surface area contributed by atoms with E-state index in [-0.39, 0.29) is 12.2 Å².